The second kappa shape index (κ2) is 7.84. The van der Waals surface area contributed by atoms with Crippen molar-refractivity contribution in [1.82, 2.24) is 0 Å². The number of hydrogen-bond acceptors (Lipinski definition) is 4. The average Bonchev–Trinajstić information content (AvgIpc) is 3.22. The van der Waals surface area contributed by atoms with E-state index in [1.54, 1.807) is 41.3 Å². The standard InChI is InChI=1S/C23H22N2O4S/c1-24(30(27,28)21-13-11-20(29-2)12-14-21)19-9-7-18(8-10-19)23(26)25-16-15-17-5-3-4-6-22(17)25/h3-14H,15-16H2,1-2H3. The molecule has 0 N–H and O–H groups in total. The van der Waals surface area contributed by atoms with E-state index >= 15 is 0 Å². The van der Waals surface area contributed by atoms with Gasteiger partial charge in [-0.2, -0.15) is 0 Å². The fourth-order valence-corrected chi connectivity index (χ4v) is 4.76. The van der Waals surface area contributed by atoms with Crippen LogP contribution in [0.5, 0.6) is 5.75 Å². The number of carbonyl (C=O) groups excluding carboxylic acids is 1. The van der Waals surface area contributed by atoms with E-state index in [0.29, 0.717) is 23.5 Å². The molecule has 0 radical (unpaired) electrons. The Morgan fingerprint density at radius 1 is 0.967 bits per heavy atom. The molecule has 6 nitrogen and oxygen atoms in total. The highest BCUT2D eigenvalue weighted by Gasteiger charge is 2.26. The van der Waals surface area contributed by atoms with Crippen LogP contribution in [-0.2, 0) is 16.4 Å². The van der Waals surface area contributed by atoms with Gasteiger partial charge in [-0.1, -0.05) is 18.2 Å². The first-order valence-corrected chi connectivity index (χ1v) is 11.0. The topological polar surface area (TPSA) is 66.9 Å². The first kappa shape index (κ1) is 20.0. The third-order valence-corrected chi connectivity index (χ3v) is 7.13. The predicted molar refractivity (Wildman–Crippen MR) is 117 cm³/mol. The number of hydrogen-bond donors (Lipinski definition) is 0. The van der Waals surface area contributed by atoms with Gasteiger partial charge in [0.05, 0.1) is 17.7 Å². The zero-order valence-electron chi connectivity index (χ0n) is 16.8. The summed E-state index contributed by atoms with van der Waals surface area (Å²) in [5.74, 6) is 0.495. The van der Waals surface area contributed by atoms with Gasteiger partial charge in [0, 0.05) is 24.8 Å². The van der Waals surface area contributed by atoms with Crippen molar-refractivity contribution < 1.29 is 17.9 Å². The van der Waals surface area contributed by atoms with Crippen LogP contribution < -0.4 is 13.9 Å². The van der Waals surface area contributed by atoms with Gasteiger partial charge in [0.15, 0.2) is 0 Å². The number of fused-ring (bicyclic) bond motifs is 1. The molecule has 1 aliphatic heterocycles. The molecular weight excluding hydrogens is 400 g/mol. The van der Waals surface area contributed by atoms with E-state index in [2.05, 4.69) is 0 Å². The van der Waals surface area contributed by atoms with Crippen LogP contribution in [0.1, 0.15) is 15.9 Å². The maximum atomic E-state index is 13.0. The SMILES string of the molecule is COc1ccc(S(=O)(=O)N(C)c2ccc(C(=O)N3CCc4ccccc43)cc2)cc1. The normalized spacial score (nSPS) is 13.1. The van der Waals surface area contributed by atoms with Crippen LogP contribution in [0.3, 0.4) is 0 Å². The number of sulfonamides is 1. The largest absolute Gasteiger partial charge is 0.497 e. The molecule has 0 aromatic heterocycles. The van der Waals surface area contributed by atoms with Gasteiger partial charge in [-0.05, 0) is 66.6 Å². The number of carbonyl (C=O) groups is 1. The van der Waals surface area contributed by atoms with Crippen molar-refractivity contribution >= 4 is 27.3 Å². The summed E-state index contributed by atoms with van der Waals surface area (Å²) in [6, 6.07) is 20.7. The minimum absolute atomic E-state index is 0.0906. The summed E-state index contributed by atoms with van der Waals surface area (Å²) in [6.07, 6.45) is 0.836. The molecule has 0 spiro atoms. The molecule has 154 valence electrons. The van der Waals surface area contributed by atoms with Crippen molar-refractivity contribution in [3.63, 3.8) is 0 Å². The molecule has 0 saturated carbocycles. The summed E-state index contributed by atoms with van der Waals surface area (Å²) < 4.78 is 32.1. The molecule has 0 atom stereocenters. The van der Waals surface area contributed by atoms with E-state index in [1.807, 2.05) is 24.3 Å². The van der Waals surface area contributed by atoms with Crippen LogP contribution in [0.25, 0.3) is 0 Å². The van der Waals surface area contributed by atoms with Crippen molar-refractivity contribution in [2.75, 3.05) is 29.9 Å². The molecule has 0 fully saturated rings. The number of anilines is 2. The highest BCUT2D eigenvalue weighted by Crippen LogP contribution is 2.30. The molecule has 7 heteroatoms. The molecule has 3 aromatic rings. The van der Waals surface area contributed by atoms with Gasteiger partial charge in [0.2, 0.25) is 0 Å². The van der Waals surface area contributed by atoms with E-state index in [4.69, 9.17) is 4.74 Å². The van der Waals surface area contributed by atoms with E-state index < -0.39 is 10.0 Å². The maximum Gasteiger partial charge on any atom is 0.264 e. The average molecular weight is 423 g/mol. The Kier molecular flexibility index (Phi) is 5.22. The minimum Gasteiger partial charge on any atom is -0.497 e. The lowest BCUT2D eigenvalue weighted by atomic mass is 10.1. The van der Waals surface area contributed by atoms with Crippen LogP contribution >= 0.6 is 0 Å². The van der Waals surface area contributed by atoms with Gasteiger partial charge in [0.1, 0.15) is 5.75 Å². The number of benzene rings is 3. The number of para-hydroxylation sites is 1. The Hall–Kier alpha value is -3.32. The monoisotopic (exact) mass is 422 g/mol. The van der Waals surface area contributed by atoms with Gasteiger partial charge >= 0.3 is 0 Å². The summed E-state index contributed by atoms with van der Waals surface area (Å²) in [6.45, 7) is 0.645. The predicted octanol–water partition coefficient (Wildman–Crippen LogP) is 3.72. The van der Waals surface area contributed by atoms with Crippen LogP contribution in [0.4, 0.5) is 11.4 Å². The zero-order chi connectivity index (χ0) is 21.3. The van der Waals surface area contributed by atoms with E-state index in [1.165, 1.54) is 30.6 Å². The first-order chi connectivity index (χ1) is 14.4. The lowest BCUT2D eigenvalue weighted by Crippen LogP contribution is -2.29. The molecule has 1 heterocycles. The lowest BCUT2D eigenvalue weighted by molar-refractivity contribution is 0.0989. The van der Waals surface area contributed by atoms with Crippen molar-refractivity contribution in [2.45, 2.75) is 11.3 Å². The Labute approximate surface area is 176 Å². The molecule has 3 aromatic carbocycles. The number of amides is 1. The Morgan fingerprint density at radius 3 is 2.30 bits per heavy atom. The molecular formula is C23H22N2O4S. The van der Waals surface area contributed by atoms with Crippen molar-refractivity contribution in [2.24, 2.45) is 0 Å². The maximum absolute atomic E-state index is 13.0. The van der Waals surface area contributed by atoms with Gasteiger partial charge in [-0.3, -0.25) is 9.10 Å². The second-order valence-electron chi connectivity index (χ2n) is 7.03. The molecule has 0 aliphatic carbocycles. The molecule has 0 saturated heterocycles. The summed E-state index contributed by atoms with van der Waals surface area (Å²) in [4.78, 5) is 14.9. The fourth-order valence-electron chi connectivity index (χ4n) is 3.56. The second-order valence-corrected chi connectivity index (χ2v) is 9.00. The smallest absolute Gasteiger partial charge is 0.264 e. The first-order valence-electron chi connectivity index (χ1n) is 9.54. The Bertz CT molecular complexity index is 1170. The minimum atomic E-state index is -3.72. The summed E-state index contributed by atoms with van der Waals surface area (Å²) in [7, 11) is -0.703. The number of methoxy groups -OCH3 is 1. The fraction of sp³-hybridized carbons (Fsp3) is 0.174. The highest BCUT2D eigenvalue weighted by atomic mass is 32.2. The molecule has 0 bridgehead atoms. The number of ether oxygens (including phenoxy) is 1. The van der Waals surface area contributed by atoms with Gasteiger partial charge < -0.3 is 9.64 Å². The number of rotatable bonds is 5. The lowest BCUT2D eigenvalue weighted by Gasteiger charge is -2.21. The van der Waals surface area contributed by atoms with E-state index in [0.717, 1.165) is 17.7 Å². The van der Waals surface area contributed by atoms with Crippen LogP contribution in [0, 0.1) is 0 Å². The highest BCUT2D eigenvalue weighted by molar-refractivity contribution is 7.92. The van der Waals surface area contributed by atoms with Crippen LogP contribution in [0.2, 0.25) is 0 Å². The Balaban J connectivity index is 1.55. The Morgan fingerprint density at radius 2 is 1.63 bits per heavy atom. The van der Waals surface area contributed by atoms with Gasteiger partial charge in [-0.15, -0.1) is 0 Å². The molecule has 4 rings (SSSR count). The molecule has 1 amide bonds. The van der Waals surface area contributed by atoms with Gasteiger partial charge in [-0.25, -0.2) is 8.42 Å². The number of nitrogens with zero attached hydrogens (tertiary/aromatic N) is 2. The van der Waals surface area contributed by atoms with Crippen LogP contribution in [-0.4, -0.2) is 35.0 Å². The third kappa shape index (κ3) is 3.52. The molecule has 0 unspecified atom stereocenters. The van der Waals surface area contributed by atoms with Crippen LogP contribution in [0.15, 0.2) is 77.7 Å². The van der Waals surface area contributed by atoms with Crippen molar-refractivity contribution in [1.29, 1.82) is 0 Å². The summed E-state index contributed by atoms with van der Waals surface area (Å²) >= 11 is 0. The molecule has 1 aliphatic rings. The van der Waals surface area contributed by atoms with Crippen molar-refractivity contribution in [3.05, 3.63) is 83.9 Å². The van der Waals surface area contributed by atoms with Crippen molar-refractivity contribution in [3.8, 4) is 5.75 Å². The quantitative estimate of drug-likeness (QED) is 0.629. The third-order valence-electron chi connectivity index (χ3n) is 5.33. The van der Waals surface area contributed by atoms with Gasteiger partial charge in [0.25, 0.3) is 15.9 Å². The van der Waals surface area contributed by atoms with E-state index in [-0.39, 0.29) is 10.8 Å². The molecule has 30 heavy (non-hydrogen) atoms. The summed E-state index contributed by atoms with van der Waals surface area (Å²) in [5, 5.41) is 0. The zero-order valence-corrected chi connectivity index (χ0v) is 17.6. The summed E-state index contributed by atoms with van der Waals surface area (Å²) in [5.41, 5.74) is 3.09. The van der Waals surface area contributed by atoms with E-state index in [9.17, 15) is 13.2 Å².